The molecule has 0 aliphatic heterocycles. The molecule has 0 unspecified atom stereocenters. The highest BCUT2D eigenvalue weighted by atomic mass is 32.2. The highest BCUT2D eigenvalue weighted by Crippen LogP contribution is 2.25. The molecule has 1 aromatic carbocycles. The number of sulfonamides is 1. The molecule has 0 amide bonds. The largest absolute Gasteiger partial charge is 0.326 e. The number of imidazole rings is 1. The van der Waals surface area contributed by atoms with Crippen LogP contribution in [0.25, 0.3) is 16.9 Å². The molecule has 3 aromatic rings. The Hall–Kier alpha value is -2.45. The van der Waals surface area contributed by atoms with Crippen molar-refractivity contribution >= 4 is 21.4 Å². The van der Waals surface area contributed by atoms with Crippen LogP contribution in [0.2, 0.25) is 0 Å². The van der Waals surface area contributed by atoms with Crippen LogP contribution >= 0.6 is 0 Å². The predicted octanol–water partition coefficient (Wildman–Crippen LogP) is 1.23. The van der Waals surface area contributed by atoms with Crippen LogP contribution in [0.3, 0.4) is 0 Å². The second-order valence-corrected chi connectivity index (χ2v) is 6.70. The average molecular weight is 317 g/mol. The lowest BCUT2D eigenvalue weighted by Crippen LogP contribution is -2.10. The molecule has 0 atom stereocenters. The zero-order chi connectivity index (χ0) is 15.7. The first-order valence-corrected chi connectivity index (χ1v) is 8.46. The van der Waals surface area contributed by atoms with Crippen LogP contribution in [0, 0.1) is 0 Å². The van der Waals surface area contributed by atoms with Gasteiger partial charge in [-0.1, -0.05) is 0 Å². The van der Waals surface area contributed by atoms with Crippen LogP contribution in [0.1, 0.15) is 5.56 Å². The van der Waals surface area contributed by atoms with Crippen molar-refractivity contribution in [2.24, 2.45) is 5.73 Å². The van der Waals surface area contributed by atoms with E-state index in [0.29, 0.717) is 23.6 Å². The van der Waals surface area contributed by atoms with Gasteiger partial charge in [0.25, 0.3) is 0 Å². The summed E-state index contributed by atoms with van der Waals surface area (Å²) < 4.78 is 27.0. The number of aromatic nitrogens is 3. The van der Waals surface area contributed by atoms with E-state index in [1.165, 1.54) is 0 Å². The Labute approximate surface area is 127 Å². The van der Waals surface area contributed by atoms with Gasteiger partial charge in [-0.05, 0) is 35.9 Å². The molecule has 0 bridgehead atoms. The van der Waals surface area contributed by atoms with Crippen molar-refractivity contribution in [3.05, 3.63) is 48.3 Å². The van der Waals surface area contributed by atoms with Crippen LogP contribution in [0.4, 0.5) is 5.69 Å². The molecule has 7 nitrogen and oxygen atoms in total. The van der Waals surface area contributed by atoms with E-state index in [0.717, 1.165) is 17.4 Å². The maximum atomic E-state index is 11.4. The van der Waals surface area contributed by atoms with Gasteiger partial charge in [0.2, 0.25) is 10.0 Å². The van der Waals surface area contributed by atoms with Gasteiger partial charge in [0.1, 0.15) is 0 Å². The fraction of sp³-hybridized carbons (Fsp3) is 0.143. The molecule has 2 aromatic heterocycles. The molecule has 0 spiro atoms. The second-order valence-electron chi connectivity index (χ2n) is 4.95. The van der Waals surface area contributed by atoms with Gasteiger partial charge >= 0.3 is 0 Å². The lowest BCUT2D eigenvalue weighted by atomic mass is 10.1. The number of fused-ring (bicyclic) bond motifs is 1. The third kappa shape index (κ3) is 3.07. The first-order chi connectivity index (χ1) is 10.4. The van der Waals surface area contributed by atoms with Gasteiger partial charge < -0.3 is 5.73 Å². The molecule has 0 fully saturated rings. The van der Waals surface area contributed by atoms with E-state index in [1.807, 2.05) is 12.1 Å². The van der Waals surface area contributed by atoms with Gasteiger partial charge in [-0.15, -0.1) is 0 Å². The summed E-state index contributed by atoms with van der Waals surface area (Å²) in [5, 5.41) is 4.17. The van der Waals surface area contributed by atoms with Crippen LogP contribution in [-0.4, -0.2) is 29.3 Å². The number of nitrogens with two attached hydrogens (primary N) is 1. The Balaban J connectivity index is 2.10. The van der Waals surface area contributed by atoms with Crippen LogP contribution in [0.15, 0.2) is 42.7 Å². The fourth-order valence-corrected chi connectivity index (χ4v) is 2.75. The molecule has 0 aliphatic carbocycles. The maximum absolute atomic E-state index is 11.4. The molecule has 0 radical (unpaired) electrons. The number of hydrogen-bond acceptors (Lipinski definition) is 5. The Kier molecular flexibility index (Phi) is 3.55. The first kappa shape index (κ1) is 14.5. The number of rotatable bonds is 4. The number of benzene rings is 1. The van der Waals surface area contributed by atoms with E-state index in [9.17, 15) is 8.42 Å². The molecule has 0 saturated carbocycles. The molecular formula is C14H15N5O2S. The lowest BCUT2D eigenvalue weighted by Gasteiger charge is -2.08. The van der Waals surface area contributed by atoms with Crippen molar-refractivity contribution in [2.45, 2.75) is 6.54 Å². The minimum Gasteiger partial charge on any atom is -0.326 e. The van der Waals surface area contributed by atoms with Crippen LogP contribution in [0.5, 0.6) is 0 Å². The summed E-state index contributed by atoms with van der Waals surface area (Å²) in [6, 6.07) is 8.97. The van der Waals surface area contributed by atoms with Crippen molar-refractivity contribution in [1.29, 1.82) is 0 Å². The topological polar surface area (TPSA) is 102 Å². The molecule has 2 heterocycles. The third-order valence-corrected chi connectivity index (χ3v) is 3.67. The number of anilines is 1. The maximum Gasteiger partial charge on any atom is 0.229 e. The van der Waals surface area contributed by atoms with Gasteiger partial charge in [-0.25, -0.2) is 17.9 Å². The zero-order valence-corrected chi connectivity index (χ0v) is 12.7. The predicted molar refractivity (Wildman–Crippen MR) is 84.8 cm³/mol. The van der Waals surface area contributed by atoms with Crippen molar-refractivity contribution in [1.82, 2.24) is 14.6 Å². The summed E-state index contributed by atoms with van der Waals surface area (Å²) in [6.07, 6.45) is 4.57. The first-order valence-electron chi connectivity index (χ1n) is 6.57. The SMILES string of the molecule is CS(=O)(=O)Nc1cc(CN)cc(-c2cn3ncccc3n2)c1. The molecule has 8 heteroatoms. The van der Waals surface area contributed by atoms with Crippen molar-refractivity contribution in [3.8, 4) is 11.3 Å². The average Bonchev–Trinajstić information content (AvgIpc) is 2.89. The van der Waals surface area contributed by atoms with Gasteiger partial charge in [-0.3, -0.25) is 4.72 Å². The van der Waals surface area contributed by atoms with E-state index in [1.54, 1.807) is 35.1 Å². The monoisotopic (exact) mass is 317 g/mol. The third-order valence-electron chi connectivity index (χ3n) is 3.06. The number of nitrogens with zero attached hydrogens (tertiary/aromatic N) is 3. The lowest BCUT2D eigenvalue weighted by molar-refractivity contribution is 0.607. The second kappa shape index (κ2) is 5.39. The Morgan fingerprint density at radius 3 is 2.82 bits per heavy atom. The minimum atomic E-state index is -3.35. The van der Waals surface area contributed by atoms with Gasteiger partial charge in [0.05, 0.1) is 18.1 Å². The van der Waals surface area contributed by atoms with E-state index >= 15 is 0 Å². The van der Waals surface area contributed by atoms with Crippen molar-refractivity contribution in [2.75, 3.05) is 11.0 Å². The summed E-state index contributed by atoms with van der Waals surface area (Å²) in [7, 11) is -3.35. The highest BCUT2D eigenvalue weighted by molar-refractivity contribution is 7.92. The van der Waals surface area contributed by atoms with Crippen LogP contribution in [-0.2, 0) is 16.6 Å². The Morgan fingerprint density at radius 2 is 2.14 bits per heavy atom. The summed E-state index contributed by atoms with van der Waals surface area (Å²) in [5.74, 6) is 0. The van der Waals surface area contributed by atoms with Gasteiger partial charge in [0, 0.05) is 24.0 Å². The molecule has 0 aliphatic rings. The number of hydrogen-bond donors (Lipinski definition) is 2. The summed E-state index contributed by atoms with van der Waals surface area (Å²) in [6.45, 7) is 0.303. The van der Waals surface area contributed by atoms with Crippen molar-refractivity contribution in [3.63, 3.8) is 0 Å². The van der Waals surface area contributed by atoms with E-state index < -0.39 is 10.0 Å². The minimum absolute atomic E-state index is 0.303. The van der Waals surface area contributed by atoms with E-state index in [-0.39, 0.29) is 0 Å². The molecule has 0 saturated heterocycles. The normalized spacial score (nSPS) is 11.7. The quantitative estimate of drug-likeness (QED) is 0.753. The van der Waals surface area contributed by atoms with Crippen molar-refractivity contribution < 1.29 is 8.42 Å². The van der Waals surface area contributed by atoms with Crippen LogP contribution < -0.4 is 10.5 Å². The Bertz CT molecular complexity index is 900. The van der Waals surface area contributed by atoms with Gasteiger partial charge in [0.15, 0.2) is 5.65 Å². The zero-order valence-electron chi connectivity index (χ0n) is 11.9. The van der Waals surface area contributed by atoms with Gasteiger partial charge in [-0.2, -0.15) is 5.10 Å². The Morgan fingerprint density at radius 1 is 1.32 bits per heavy atom. The molecule has 3 N–H and O–H groups in total. The molecule has 3 rings (SSSR count). The smallest absolute Gasteiger partial charge is 0.229 e. The molecular weight excluding hydrogens is 302 g/mol. The highest BCUT2D eigenvalue weighted by Gasteiger charge is 2.09. The molecule has 114 valence electrons. The van der Waals surface area contributed by atoms with E-state index in [4.69, 9.17) is 5.73 Å². The standard InChI is InChI=1S/C14H15N5O2S/c1-22(20,21)18-12-6-10(8-15)5-11(7-12)13-9-19-14(17-13)3-2-4-16-19/h2-7,9,18H,8,15H2,1H3. The molecule has 22 heavy (non-hydrogen) atoms. The van der Waals surface area contributed by atoms with E-state index in [2.05, 4.69) is 14.8 Å². The summed E-state index contributed by atoms with van der Waals surface area (Å²) in [5.41, 5.74) is 9.16. The number of nitrogens with one attached hydrogen (secondary N) is 1. The fourth-order valence-electron chi connectivity index (χ4n) is 2.20. The summed E-state index contributed by atoms with van der Waals surface area (Å²) in [4.78, 5) is 4.48. The summed E-state index contributed by atoms with van der Waals surface area (Å²) >= 11 is 0.